The molecule has 3 nitrogen and oxygen atoms in total. The Morgan fingerprint density at radius 1 is 1.44 bits per heavy atom. The predicted molar refractivity (Wildman–Crippen MR) is 73.3 cm³/mol. The number of fused-ring (bicyclic) bond motifs is 1. The van der Waals surface area contributed by atoms with Crippen molar-refractivity contribution in [2.24, 2.45) is 0 Å². The molecule has 2 heterocycles. The van der Waals surface area contributed by atoms with Gasteiger partial charge < -0.3 is 10.3 Å². The fraction of sp³-hybridized carbons (Fsp3) is 0.417. The van der Waals surface area contributed by atoms with Gasteiger partial charge in [-0.3, -0.25) is 0 Å². The minimum Gasteiger partial charge on any atom is -0.341 e. The Morgan fingerprint density at radius 2 is 2.22 bits per heavy atom. The number of halogens is 3. The highest BCUT2D eigenvalue weighted by atomic mass is 35.5. The quantitative estimate of drug-likeness (QED) is 0.846. The van der Waals surface area contributed by atoms with E-state index in [-0.39, 0.29) is 18.4 Å². The molecule has 3 rings (SSSR count). The maximum absolute atomic E-state index is 13.1. The molecule has 1 aromatic carbocycles. The summed E-state index contributed by atoms with van der Waals surface area (Å²) in [5, 5.41) is 3.82. The fourth-order valence-corrected chi connectivity index (χ4v) is 2.43. The van der Waals surface area contributed by atoms with Crippen LogP contribution in [0.2, 0.25) is 5.02 Å². The normalized spacial score (nSPS) is 23.3. The molecule has 2 aromatic rings. The maximum Gasteiger partial charge on any atom is 0.124 e. The summed E-state index contributed by atoms with van der Waals surface area (Å²) < 4.78 is 13.1. The van der Waals surface area contributed by atoms with Gasteiger partial charge in [0.25, 0.3) is 0 Å². The van der Waals surface area contributed by atoms with Crippen molar-refractivity contribution in [1.82, 2.24) is 15.3 Å². The van der Waals surface area contributed by atoms with E-state index in [0.717, 1.165) is 22.4 Å². The Kier molecular flexibility index (Phi) is 3.80. The topological polar surface area (TPSA) is 40.7 Å². The molecule has 1 fully saturated rings. The molecule has 1 saturated heterocycles. The number of aromatic amines is 1. The van der Waals surface area contributed by atoms with Gasteiger partial charge in [0.05, 0.1) is 17.1 Å². The van der Waals surface area contributed by atoms with Crippen LogP contribution in [0, 0.1) is 6.92 Å². The van der Waals surface area contributed by atoms with E-state index in [4.69, 9.17) is 11.6 Å². The van der Waals surface area contributed by atoms with E-state index in [9.17, 15) is 4.39 Å². The Hall–Kier alpha value is -0.840. The molecule has 0 bridgehead atoms. The molecule has 6 heteroatoms. The van der Waals surface area contributed by atoms with E-state index in [0.29, 0.717) is 18.0 Å². The number of H-pyrrole nitrogens is 1. The van der Waals surface area contributed by atoms with Gasteiger partial charge in [-0.15, -0.1) is 12.4 Å². The molecule has 1 aliphatic heterocycles. The first-order chi connectivity index (χ1) is 8.15. The van der Waals surface area contributed by atoms with Gasteiger partial charge in [-0.25, -0.2) is 9.37 Å². The first-order valence-corrected chi connectivity index (χ1v) is 6.05. The van der Waals surface area contributed by atoms with Gasteiger partial charge in [0.15, 0.2) is 0 Å². The Morgan fingerprint density at radius 3 is 2.89 bits per heavy atom. The van der Waals surface area contributed by atoms with E-state index in [2.05, 4.69) is 15.3 Å². The minimum absolute atomic E-state index is 0. The molecule has 98 valence electrons. The van der Waals surface area contributed by atoms with Gasteiger partial charge in [0, 0.05) is 18.0 Å². The first kappa shape index (κ1) is 13.6. The van der Waals surface area contributed by atoms with Crippen LogP contribution in [0.4, 0.5) is 4.39 Å². The van der Waals surface area contributed by atoms with E-state index in [1.54, 1.807) is 0 Å². The number of alkyl halides is 1. The summed E-state index contributed by atoms with van der Waals surface area (Å²) in [6.45, 7) is 2.34. The average molecular weight is 290 g/mol. The van der Waals surface area contributed by atoms with Crippen molar-refractivity contribution in [3.05, 3.63) is 28.5 Å². The Balaban J connectivity index is 0.00000120. The van der Waals surface area contributed by atoms with Crippen LogP contribution in [0.1, 0.15) is 23.9 Å². The third-order valence-electron chi connectivity index (χ3n) is 3.27. The van der Waals surface area contributed by atoms with E-state index >= 15 is 0 Å². The van der Waals surface area contributed by atoms with Crippen molar-refractivity contribution < 1.29 is 4.39 Å². The highest BCUT2D eigenvalue weighted by Crippen LogP contribution is 2.28. The summed E-state index contributed by atoms with van der Waals surface area (Å²) >= 11 is 6.05. The second-order valence-corrected chi connectivity index (χ2v) is 4.89. The summed E-state index contributed by atoms with van der Waals surface area (Å²) in [5.74, 6) is 0.797. The monoisotopic (exact) mass is 289 g/mol. The van der Waals surface area contributed by atoms with Crippen molar-refractivity contribution in [3.8, 4) is 0 Å². The first-order valence-electron chi connectivity index (χ1n) is 5.67. The number of hydrogen-bond donors (Lipinski definition) is 2. The number of rotatable bonds is 1. The highest BCUT2D eigenvalue weighted by molar-refractivity contribution is 6.32. The van der Waals surface area contributed by atoms with E-state index < -0.39 is 6.17 Å². The molecule has 0 amide bonds. The second kappa shape index (κ2) is 5.03. The van der Waals surface area contributed by atoms with Crippen molar-refractivity contribution in [2.45, 2.75) is 25.6 Å². The number of aryl methyl sites for hydroxylation is 1. The minimum atomic E-state index is -0.780. The van der Waals surface area contributed by atoms with Crippen molar-refractivity contribution in [1.29, 1.82) is 0 Å². The summed E-state index contributed by atoms with van der Waals surface area (Å²) in [5.41, 5.74) is 2.78. The molecule has 0 radical (unpaired) electrons. The van der Waals surface area contributed by atoms with Crippen molar-refractivity contribution >= 4 is 35.0 Å². The van der Waals surface area contributed by atoms with Gasteiger partial charge >= 0.3 is 0 Å². The van der Waals surface area contributed by atoms with Crippen LogP contribution in [-0.4, -0.2) is 22.7 Å². The summed E-state index contributed by atoms with van der Waals surface area (Å²) in [7, 11) is 0. The molecule has 0 aliphatic carbocycles. The number of hydrogen-bond acceptors (Lipinski definition) is 2. The van der Waals surface area contributed by atoms with Crippen LogP contribution < -0.4 is 5.32 Å². The van der Waals surface area contributed by atoms with E-state index in [1.165, 1.54) is 0 Å². The largest absolute Gasteiger partial charge is 0.341 e. The lowest BCUT2D eigenvalue weighted by Gasteiger charge is -2.04. The van der Waals surface area contributed by atoms with Gasteiger partial charge in [-0.05, 0) is 24.6 Å². The summed E-state index contributed by atoms with van der Waals surface area (Å²) in [6.07, 6.45) is -0.301. The van der Waals surface area contributed by atoms with Crippen molar-refractivity contribution in [3.63, 3.8) is 0 Å². The molecule has 2 atom stereocenters. The number of imidazole rings is 1. The molecule has 0 spiro atoms. The van der Waals surface area contributed by atoms with Gasteiger partial charge in [0.1, 0.15) is 12.0 Å². The van der Waals surface area contributed by atoms with Gasteiger partial charge in [-0.2, -0.15) is 0 Å². The zero-order valence-electron chi connectivity index (χ0n) is 9.84. The van der Waals surface area contributed by atoms with Crippen LogP contribution in [-0.2, 0) is 0 Å². The zero-order valence-corrected chi connectivity index (χ0v) is 11.4. The lowest BCUT2D eigenvalue weighted by Crippen LogP contribution is -2.14. The predicted octanol–water partition coefficient (Wildman–Crippen LogP) is 3.32. The van der Waals surface area contributed by atoms with Crippen LogP contribution >= 0.6 is 24.0 Å². The van der Waals surface area contributed by atoms with Crippen LogP contribution in [0.3, 0.4) is 0 Å². The van der Waals surface area contributed by atoms with Crippen LogP contribution in [0.5, 0.6) is 0 Å². The van der Waals surface area contributed by atoms with Gasteiger partial charge in [-0.1, -0.05) is 11.6 Å². The van der Waals surface area contributed by atoms with Crippen molar-refractivity contribution in [2.75, 3.05) is 6.54 Å². The summed E-state index contributed by atoms with van der Waals surface area (Å²) in [6, 6.07) is 3.74. The molecular weight excluding hydrogens is 276 g/mol. The number of aromatic nitrogens is 2. The second-order valence-electron chi connectivity index (χ2n) is 4.48. The summed E-state index contributed by atoms with van der Waals surface area (Å²) in [4.78, 5) is 7.75. The molecule has 0 saturated carbocycles. The standard InChI is InChI=1S/C12H13ClFN3.ClH/c1-6-8(13)2-3-9-11(6)17-12(16-9)10-4-7(14)5-15-10;/h2-3,7,10,15H,4-5H2,1H3,(H,16,17);1H/t7-,10-;/m0./s1. The molecule has 2 N–H and O–H groups in total. The molecule has 18 heavy (non-hydrogen) atoms. The van der Waals surface area contributed by atoms with Crippen LogP contribution in [0.15, 0.2) is 12.1 Å². The van der Waals surface area contributed by atoms with E-state index in [1.807, 2.05) is 19.1 Å². The SMILES string of the molecule is Cc1c(Cl)ccc2[nH]c([C@@H]3C[C@H](F)CN3)nc12.Cl. The fourth-order valence-electron chi connectivity index (χ4n) is 2.27. The van der Waals surface area contributed by atoms with Gasteiger partial charge in [0.2, 0.25) is 0 Å². The Labute approximate surface area is 116 Å². The molecular formula is C12H14Cl2FN3. The Bertz CT molecular complexity index is 570. The van der Waals surface area contributed by atoms with Crippen LogP contribution in [0.25, 0.3) is 11.0 Å². The maximum atomic E-state index is 13.1. The number of nitrogens with zero attached hydrogens (tertiary/aromatic N) is 1. The third kappa shape index (κ3) is 2.20. The molecule has 0 unspecified atom stereocenters. The average Bonchev–Trinajstić information content (AvgIpc) is 2.90. The molecule has 1 aliphatic rings. The number of benzene rings is 1. The number of nitrogens with one attached hydrogen (secondary N) is 2. The smallest absolute Gasteiger partial charge is 0.124 e. The third-order valence-corrected chi connectivity index (χ3v) is 3.68. The lowest BCUT2D eigenvalue weighted by atomic mass is 10.2. The highest BCUT2D eigenvalue weighted by Gasteiger charge is 2.27. The molecule has 1 aromatic heterocycles. The zero-order chi connectivity index (χ0) is 12.0. The lowest BCUT2D eigenvalue weighted by molar-refractivity contribution is 0.355.